The number of thioether (sulfide) groups is 1. The minimum absolute atomic E-state index is 0.199. The molecule has 1 aromatic heterocycles. The number of amides is 1. The van der Waals surface area contributed by atoms with Crippen LogP contribution >= 0.6 is 11.8 Å². The molecule has 8 heteroatoms. The van der Waals surface area contributed by atoms with E-state index in [1.807, 2.05) is 18.2 Å². The predicted octanol–water partition coefficient (Wildman–Crippen LogP) is 3.38. The van der Waals surface area contributed by atoms with E-state index in [9.17, 15) is 13.2 Å². The molecule has 1 fully saturated rings. The summed E-state index contributed by atoms with van der Waals surface area (Å²) in [6.45, 7) is 1.11. The van der Waals surface area contributed by atoms with Crippen LogP contribution in [0.15, 0.2) is 58.6 Å². The Bertz CT molecular complexity index is 865. The van der Waals surface area contributed by atoms with E-state index < -0.39 is 10.0 Å². The van der Waals surface area contributed by atoms with Gasteiger partial charge in [-0.05, 0) is 43.2 Å². The van der Waals surface area contributed by atoms with E-state index in [1.54, 1.807) is 28.7 Å². The number of nitrogens with zero attached hydrogens (tertiary/aromatic N) is 2. The van der Waals surface area contributed by atoms with Crippen LogP contribution in [0.1, 0.15) is 25.7 Å². The Morgan fingerprint density at radius 2 is 1.85 bits per heavy atom. The highest BCUT2D eigenvalue weighted by Gasteiger charge is 2.25. The molecule has 0 bridgehead atoms. The molecular weight excluding hydrogens is 382 g/mol. The van der Waals surface area contributed by atoms with Crippen LogP contribution in [0, 0.1) is 0 Å². The highest BCUT2D eigenvalue weighted by atomic mass is 32.2. The van der Waals surface area contributed by atoms with Gasteiger partial charge in [-0.2, -0.15) is 4.31 Å². The number of hydrogen-bond donors (Lipinski definition) is 1. The first-order valence-electron chi connectivity index (χ1n) is 8.99. The zero-order chi connectivity index (χ0) is 19.1. The minimum Gasteiger partial charge on any atom is -0.325 e. The molecule has 1 saturated heterocycles. The molecule has 6 nitrogen and oxygen atoms in total. The molecule has 3 rings (SSSR count). The van der Waals surface area contributed by atoms with E-state index in [1.165, 1.54) is 17.8 Å². The maximum Gasteiger partial charge on any atom is 0.243 e. The molecule has 1 N–H and O–H groups in total. The molecular formula is C19H23N3O3S2. The smallest absolute Gasteiger partial charge is 0.243 e. The first-order valence-corrected chi connectivity index (χ1v) is 11.4. The molecule has 144 valence electrons. The standard InChI is InChI=1S/C19H23N3O3S2/c23-18(15-26-19-10-3-4-11-20-19)21-16-8-7-9-17(14-16)27(24,25)22-12-5-1-2-6-13-22/h3-4,7-11,14H,1-2,5-6,12-13,15H2,(H,21,23). The molecule has 2 aromatic rings. The second kappa shape index (κ2) is 9.34. The Morgan fingerprint density at radius 1 is 1.07 bits per heavy atom. The van der Waals surface area contributed by atoms with E-state index in [0.29, 0.717) is 18.8 Å². The van der Waals surface area contributed by atoms with E-state index in [4.69, 9.17) is 0 Å². The van der Waals surface area contributed by atoms with Gasteiger partial charge in [-0.3, -0.25) is 4.79 Å². The van der Waals surface area contributed by atoms with Gasteiger partial charge in [-0.1, -0.05) is 36.7 Å². The second-order valence-electron chi connectivity index (χ2n) is 6.35. The molecule has 1 aliphatic heterocycles. The zero-order valence-electron chi connectivity index (χ0n) is 15.0. The quantitative estimate of drug-likeness (QED) is 0.746. The fourth-order valence-electron chi connectivity index (χ4n) is 2.93. The minimum atomic E-state index is -3.53. The summed E-state index contributed by atoms with van der Waals surface area (Å²) in [6, 6.07) is 12.0. The number of hydrogen-bond acceptors (Lipinski definition) is 5. The van der Waals surface area contributed by atoms with E-state index in [-0.39, 0.29) is 16.6 Å². The maximum atomic E-state index is 12.9. The number of rotatable bonds is 6. The van der Waals surface area contributed by atoms with Gasteiger partial charge < -0.3 is 5.32 Å². The largest absolute Gasteiger partial charge is 0.325 e. The molecule has 1 aromatic carbocycles. The first kappa shape index (κ1) is 19.9. The number of carbonyl (C=O) groups excluding carboxylic acids is 1. The molecule has 0 spiro atoms. The topological polar surface area (TPSA) is 79.4 Å². The lowest BCUT2D eigenvalue weighted by Gasteiger charge is -2.20. The summed E-state index contributed by atoms with van der Waals surface area (Å²) >= 11 is 1.33. The number of aromatic nitrogens is 1. The molecule has 1 aliphatic rings. The Balaban J connectivity index is 1.65. The predicted molar refractivity (Wildman–Crippen MR) is 107 cm³/mol. The number of nitrogens with one attached hydrogen (secondary N) is 1. The van der Waals surface area contributed by atoms with Crippen molar-refractivity contribution in [2.75, 3.05) is 24.2 Å². The van der Waals surface area contributed by atoms with Crippen LogP contribution in [0.25, 0.3) is 0 Å². The third-order valence-corrected chi connectivity index (χ3v) is 7.15. The zero-order valence-corrected chi connectivity index (χ0v) is 16.6. The molecule has 0 radical (unpaired) electrons. The summed E-state index contributed by atoms with van der Waals surface area (Å²) in [7, 11) is -3.53. The van der Waals surface area contributed by atoms with Crippen molar-refractivity contribution in [2.24, 2.45) is 0 Å². The van der Waals surface area contributed by atoms with Gasteiger partial charge in [-0.15, -0.1) is 0 Å². The van der Waals surface area contributed by atoms with Crippen molar-refractivity contribution >= 4 is 33.4 Å². The Labute approximate surface area is 164 Å². The Morgan fingerprint density at radius 3 is 2.56 bits per heavy atom. The van der Waals surface area contributed by atoms with E-state index in [2.05, 4.69) is 10.3 Å². The van der Waals surface area contributed by atoms with E-state index in [0.717, 1.165) is 30.7 Å². The Hall–Kier alpha value is -1.90. The van der Waals surface area contributed by atoms with Crippen LogP contribution in [0.2, 0.25) is 0 Å². The number of benzene rings is 1. The molecule has 0 aliphatic carbocycles. The van der Waals surface area contributed by atoms with Crippen molar-refractivity contribution < 1.29 is 13.2 Å². The normalized spacial score (nSPS) is 15.9. The molecule has 27 heavy (non-hydrogen) atoms. The molecule has 2 heterocycles. The number of anilines is 1. The van der Waals surface area contributed by atoms with Crippen LogP contribution in [0.3, 0.4) is 0 Å². The second-order valence-corrected chi connectivity index (χ2v) is 9.28. The van der Waals surface area contributed by atoms with Crippen molar-refractivity contribution in [1.82, 2.24) is 9.29 Å². The van der Waals surface area contributed by atoms with Gasteiger partial charge in [-0.25, -0.2) is 13.4 Å². The fourth-order valence-corrected chi connectivity index (χ4v) is 5.16. The van der Waals surface area contributed by atoms with E-state index >= 15 is 0 Å². The molecule has 0 unspecified atom stereocenters. The molecule has 1 amide bonds. The van der Waals surface area contributed by atoms with Gasteiger partial charge in [0.15, 0.2) is 0 Å². The van der Waals surface area contributed by atoms with Crippen LogP contribution in [-0.4, -0.2) is 42.5 Å². The number of carbonyl (C=O) groups is 1. The van der Waals surface area contributed by atoms with Crippen molar-refractivity contribution in [3.05, 3.63) is 48.7 Å². The average Bonchev–Trinajstić information content (AvgIpc) is 2.97. The first-order chi connectivity index (χ1) is 13.1. The molecule has 0 saturated carbocycles. The fraction of sp³-hybridized carbons (Fsp3) is 0.368. The Kier molecular flexibility index (Phi) is 6.87. The van der Waals surface area contributed by atoms with Crippen molar-refractivity contribution in [2.45, 2.75) is 35.6 Å². The van der Waals surface area contributed by atoms with Crippen LogP contribution in [-0.2, 0) is 14.8 Å². The van der Waals surface area contributed by atoms with Gasteiger partial charge in [0.1, 0.15) is 0 Å². The lowest BCUT2D eigenvalue weighted by atomic mass is 10.2. The third kappa shape index (κ3) is 5.54. The van der Waals surface area contributed by atoms with Gasteiger partial charge in [0.25, 0.3) is 0 Å². The lowest BCUT2D eigenvalue weighted by Crippen LogP contribution is -2.32. The van der Waals surface area contributed by atoms with Gasteiger partial charge in [0.05, 0.1) is 15.7 Å². The third-order valence-electron chi connectivity index (χ3n) is 4.31. The molecule has 0 atom stereocenters. The summed E-state index contributed by atoms with van der Waals surface area (Å²) in [5.41, 5.74) is 0.484. The number of sulfonamides is 1. The summed E-state index contributed by atoms with van der Waals surface area (Å²) in [4.78, 5) is 16.6. The summed E-state index contributed by atoms with van der Waals surface area (Å²) in [5.74, 6) is 0.00935. The highest BCUT2D eigenvalue weighted by molar-refractivity contribution is 7.99. The maximum absolute atomic E-state index is 12.9. The van der Waals surface area contributed by atoms with Crippen LogP contribution in [0.4, 0.5) is 5.69 Å². The summed E-state index contributed by atoms with van der Waals surface area (Å²) < 4.78 is 27.3. The van der Waals surface area contributed by atoms with Gasteiger partial charge >= 0.3 is 0 Å². The average molecular weight is 406 g/mol. The lowest BCUT2D eigenvalue weighted by molar-refractivity contribution is -0.113. The summed E-state index contributed by atoms with van der Waals surface area (Å²) in [5, 5.41) is 3.54. The summed E-state index contributed by atoms with van der Waals surface area (Å²) in [6.07, 6.45) is 5.59. The highest BCUT2D eigenvalue weighted by Crippen LogP contribution is 2.23. The van der Waals surface area contributed by atoms with Gasteiger partial charge in [0.2, 0.25) is 15.9 Å². The van der Waals surface area contributed by atoms with Crippen molar-refractivity contribution in [3.8, 4) is 0 Å². The monoisotopic (exact) mass is 405 g/mol. The SMILES string of the molecule is O=C(CSc1ccccn1)Nc1cccc(S(=O)(=O)N2CCCCCC2)c1. The van der Waals surface area contributed by atoms with Crippen molar-refractivity contribution in [3.63, 3.8) is 0 Å². The van der Waals surface area contributed by atoms with Gasteiger partial charge in [0, 0.05) is 25.0 Å². The number of pyridine rings is 1. The van der Waals surface area contributed by atoms with Crippen molar-refractivity contribution in [1.29, 1.82) is 0 Å². The van der Waals surface area contributed by atoms with Crippen LogP contribution < -0.4 is 5.32 Å². The van der Waals surface area contributed by atoms with Crippen LogP contribution in [0.5, 0.6) is 0 Å².